The maximum Gasteiger partial charge on any atom is 0.247 e. The van der Waals surface area contributed by atoms with Gasteiger partial charge < -0.3 is 24.6 Å². The number of nitrogens with one attached hydrogen (secondary N) is 1. The Balaban J connectivity index is 1.17. The molecule has 1 aliphatic carbocycles. The molecule has 4 atom stereocenters. The van der Waals surface area contributed by atoms with Crippen LogP contribution in [0.1, 0.15) is 62.0 Å². The zero-order chi connectivity index (χ0) is 27.0. The van der Waals surface area contributed by atoms with Crippen molar-refractivity contribution in [3.8, 4) is 11.6 Å². The van der Waals surface area contributed by atoms with Gasteiger partial charge in [-0.25, -0.2) is 9.37 Å². The third-order valence-corrected chi connectivity index (χ3v) is 10.00. The van der Waals surface area contributed by atoms with Crippen molar-refractivity contribution in [1.82, 2.24) is 29.7 Å². The van der Waals surface area contributed by atoms with E-state index in [-0.39, 0.29) is 11.3 Å². The molecule has 5 fully saturated rings. The van der Waals surface area contributed by atoms with Crippen LogP contribution in [0.2, 0.25) is 5.02 Å². The molecule has 0 unspecified atom stereocenters. The zero-order valence-electron chi connectivity index (χ0n) is 22.5. The fourth-order valence-electron chi connectivity index (χ4n) is 7.68. The number of phenols is 1. The number of piperazine rings is 1. The van der Waals surface area contributed by atoms with Crippen LogP contribution in [0.4, 0.5) is 10.3 Å². The summed E-state index contributed by atoms with van der Waals surface area (Å²) in [5.74, 6) is 1.70. The normalized spacial score (nSPS) is 29.9. The van der Waals surface area contributed by atoms with Gasteiger partial charge in [0.05, 0.1) is 18.4 Å². The summed E-state index contributed by atoms with van der Waals surface area (Å²) in [4.78, 5) is 19.2. The smallest absolute Gasteiger partial charge is 0.247 e. The summed E-state index contributed by atoms with van der Waals surface area (Å²) in [6.45, 7) is 3.99. The van der Waals surface area contributed by atoms with Crippen LogP contribution in [-0.4, -0.2) is 86.1 Å². The molecular formula is C29H35ClFN7O2. The molecule has 2 N–H and O–H groups in total. The third kappa shape index (κ3) is 4.30. The van der Waals surface area contributed by atoms with E-state index in [2.05, 4.69) is 15.1 Å². The molecule has 4 saturated heterocycles. The standard InChI is InChI=1S/C29H35ClFN7O2/c30-23-9-22(39)8-18(24(23)17-2-3-17)11-37-16-32-25-26(37)34-28(36-13-20-4-5-21(14-36)33-20)35-27(25)40-15-29-6-1-7-38(29)12-19(31)10-29/h8-9,16-17,19-21,33,39H,1-7,10-15H2/t19-,20-,21+,29+/m1/s1. The molecule has 212 valence electrons. The number of aromatic hydroxyl groups is 1. The Hall–Kier alpha value is -2.69. The number of halogens is 2. The van der Waals surface area contributed by atoms with E-state index < -0.39 is 6.17 Å². The average molecular weight is 568 g/mol. The first-order chi connectivity index (χ1) is 19.4. The van der Waals surface area contributed by atoms with Crippen molar-refractivity contribution >= 4 is 28.7 Å². The summed E-state index contributed by atoms with van der Waals surface area (Å²) in [6, 6.07) is 4.31. The first-order valence-electron chi connectivity index (χ1n) is 14.7. The highest BCUT2D eigenvalue weighted by Gasteiger charge is 2.49. The summed E-state index contributed by atoms with van der Waals surface area (Å²) in [6.07, 6.45) is 8.01. The molecule has 11 heteroatoms. The van der Waals surface area contributed by atoms with Gasteiger partial charge in [-0.3, -0.25) is 4.90 Å². The second-order valence-corrected chi connectivity index (χ2v) is 13.0. The van der Waals surface area contributed by atoms with Gasteiger partial charge in [-0.05, 0) is 74.2 Å². The van der Waals surface area contributed by atoms with Gasteiger partial charge in [-0.2, -0.15) is 9.97 Å². The lowest BCUT2D eigenvalue weighted by atomic mass is 9.95. The van der Waals surface area contributed by atoms with Crippen molar-refractivity contribution < 1.29 is 14.2 Å². The van der Waals surface area contributed by atoms with Crippen molar-refractivity contribution in [1.29, 1.82) is 0 Å². The second kappa shape index (κ2) is 9.42. The second-order valence-electron chi connectivity index (χ2n) is 12.6. The number of alkyl halides is 1. The number of aromatic nitrogens is 4. The van der Waals surface area contributed by atoms with Crippen LogP contribution in [0.5, 0.6) is 11.6 Å². The topological polar surface area (TPSA) is 91.6 Å². The molecule has 8 rings (SSSR count). The van der Waals surface area contributed by atoms with Gasteiger partial charge in [0, 0.05) is 43.2 Å². The Bertz CT molecular complexity index is 1450. The van der Waals surface area contributed by atoms with E-state index in [0.717, 1.165) is 69.3 Å². The van der Waals surface area contributed by atoms with Crippen LogP contribution in [0.15, 0.2) is 18.5 Å². The minimum absolute atomic E-state index is 0.160. The van der Waals surface area contributed by atoms with E-state index in [9.17, 15) is 9.50 Å². The van der Waals surface area contributed by atoms with Crippen molar-refractivity contribution in [3.05, 3.63) is 34.6 Å². The Morgan fingerprint density at radius 3 is 2.75 bits per heavy atom. The highest BCUT2D eigenvalue weighted by molar-refractivity contribution is 6.31. The number of anilines is 1. The lowest BCUT2D eigenvalue weighted by Crippen LogP contribution is -2.51. The van der Waals surface area contributed by atoms with Gasteiger partial charge >= 0.3 is 0 Å². The summed E-state index contributed by atoms with van der Waals surface area (Å²) < 4.78 is 22.9. The predicted molar refractivity (Wildman–Crippen MR) is 150 cm³/mol. The SMILES string of the molecule is Oc1cc(Cl)c(C2CC2)c(Cn2cnc3c(OC[C@@]45CCCN4C[C@H](F)C5)nc(N4C[C@H]5CC[C@@H](C4)N5)nc32)c1. The van der Waals surface area contributed by atoms with Crippen molar-refractivity contribution in [2.45, 2.75) is 81.2 Å². The van der Waals surface area contributed by atoms with E-state index in [0.29, 0.717) is 72.1 Å². The van der Waals surface area contributed by atoms with E-state index in [1.54, 1.807) is 18.5 Å². The molecule has 9 nitrogen and oxygen atoms in total. The molecule has 3 aromatic rings. The van der Waals surface area contributed by atoms with Crippen LogP contribution >= 0.6 is 11.6 Å². The third-order valence-electron chi connectivity index (χ3n) is 9.68. The minimum atomic E-state index is -0.810. The van der Waals surface area contributed by atoms with E-state index in [4.69, 9.17) is 31.3 Å². The summed E-state index contributed by atoms with van der Waals surface area (Å²) in [7, 11) is 0. The Morgan fingerprint density at radius 2 is 1.95 bits per heavy atom. The number of hydrogen-bond donors (Lipinski definition) is 2. The van der Waals surface area contributed by atoms with Crippen LogP contribution in [-0.2, 0) is 6.54 Å². The summed E-state index contributed by atoms with van der Waals surface area (Å²) in [5.41, 5.74) is 3.12. The van der Waals surface area contributed by atoms with Crippen LogP contribution in [0, 0.1) is 0 Å². The highest BCUT2D eigenvalue weighted by Crippen LogP contribution is 2.46. The van der Waals surface area contributed by atoms with E-state index in [1.165, 1.54) is 0 Å². The fourth-order valence-corrected chi connectivity index (χ4v) is 8.07. The number of hydrogen-bond acceptors (Lipinski definition) is 8. The number of ether oxygens (including phenoxy) is 1. The number of imidazole rings is 1. The van der Waals surface area contributed by atoms with Crippen molar-refractivity contribution in [3.63, 3.8) is 0 Å². The van der Waals surface area contributed by atoms with Gasteiger partial charge in [0.25, 0.3) is 0 Å². The van der Waals surface area contributed by atoms with Gasteiger partial charge in [-0.1, -0.05) is 11.6 Å². The monoisotopic (exact) mass is 567 g/mol. The maximum absolute atomic E-state index is 14.4. The summed E-state index contributed by atoms with van der Waals surface area (Å²) >= 11 is 6.60. The lowest BCUT2D eigenvalue weighted by Gasteiger charge is -2.33. The fraction of sp³-hybridized carbons (Fsp3) is 0.621. The Kier molecular flexibility index (Phi) is 5.90. The van der Waals surface area contributed by atoms with E-state index >= 15 is 0 Å². The minimum Gasteiger partial charge on any atom is -0.508 e. The van der Waals surface area contributed by atoms with Crippen LogP contribution in [0.3, 0.4) is 0 Å². The molecule has 1 saturated carbocycles. The Morgan fingerprint density at radius 1 is 1.12 bits per heavy atom. The first kappa shape index (κ1) is 25.1. The molecule has 0 radical (unpaired) electrons. The lowest BCUT2D eigenvalue weighted by molar-refractivity contribution is 0.111. The molecule has 4 aliphatic heterocycles. The molecule has 0 spiro atoms. The van der Waals surface area contributed by atoms with Crippen LogP contribution in [0.25, 0.3) is 11.2 Å². The summed E-state index contributed by atoms with van der Waals surface area (Å²) in [5, 5.41) is 14.6. The molecular weight excluding hydrogens is 533 g/mol. The number of rotatable bonds is 7. The molecule has 5 aliphatic rings. The average Bonchev–Trinajstić information content (AvgIpc) is 3.24. The van der Waals surface area contributed by atoms with E-state index in [1.807, 2.05) is 4.57 Å². The van der Waals surface area contributed by atoms with Crippen molar-refractivity contribution in [2.24, 2.45) is 0 Å². The molecule has 2 aromatic heterocycles. The largest absolute Gasteiger partial charge is 0.508 e. The van der Waals surface area contributed by atoms with Gasteiger partial charge in [-0.15, -0.1) is 0 Å². The molecule has 1 aromatic carbocycles. The molecule has 40 heavy (non-hydrogen) atoms. The zero-order valence-corrected chi connectivity index (χ0v) is 23.3. The molecule has 6 heterocycles. The highest BCUT2D eigenvalue weighted by atomic mass is 35.5. The number of fused-ring (bicyclic) bond motifs is 4. The predicted octanol–water partition coefficient (Wildman–Crippen LogP) is 4.01. The van der Waals surface area contributed by atoms with Crippen molar-refractivity contribution in [2.75, 3.05) is 37.7 Å². The molecule has 2 bridgehead atoms. The number of nitrogens with zero attached hydrogens (tertiary/aromatic N) is 6. The first-order valence-corrected chi connectivity index (χ1v) is 15.1. The van der Waals surface area contributed by atoms with Gasteiger partial charge in [0.15, 0.2) is 11.2 Å². The van der Waals surface area contributed by atoms with Crippen LogP contribution < -0.4 is 15.0 Å². The number of benzene rings is 1. The maximum atomic E-state index is 14.4. The Labute approximate surface area is 237 Å². The quantitative estimate of drug-likeness (QED) is 0.443. The molecule has 0 amide bonds. The van der Waals surface area contributed by atoms with Gasteiger partial charge in [0.1, 0.15) is 18.5 Å². The number of phenolic OH excluding ortho intramolecular Hbond substituents is 1. The van der Waals surface area contributed by atoms with Gasteiger partial charge in [0.2, 0.25) is 11.8 Å².